The Kier molecular flexibility index (Phi) is 3.69. The van der Waals surface area contributed by atoms with Crippen LogP contribution in [0.15, 0.2) is 41.4 Å². The molecule has 2 aromatic heterocycles. The van der Waals surface area contributed by atoms with Crippen molar-refractivity contribution in [2.45, 2.75) is 20.4 Å². The second-order valence-electron chi connectivity index (χ2n) is 4.94. The normalized spacial score (nSPS) is 10.6. The van der Waals surface area contributed by atoms with Crippen molar-refractivity contribution in [1.82, 2.24) is 19.9 Å². The number of nitrogens with zero attached hydrogens (tertiary/aromatic N) is 4. The number of carbonyl (C=O) groups is 1. The minimum Gasteiger partial charge on any atom is -0.359 e. The van der Waals surface area contributed by atoms with E-state index >= 15 is 0 Å². The summed E-state index contributed by atoms with van der Waals surface area (Å²) in [4.78, 5) is 16.1. The monoisotopic (exact) mass is 297 g/mol. The van der Waals surface area contributed by atoms with E-state index < -0.39 is 0 Å². The molecule has 1 amide bonds. The van der Waals surface area contributed by atoms with Crippen molar-refractivity contribution >= 4 is 11.6 Å². The predicted octanol–water partition coefficient (Wildman–Crippen LogP) is 2.18. The zero-order valence-electron chi connectivity index (χ0n) is 12.3. The largest absolute Gasteiger partial charge is 0.359 e. The van der Waals surface area contributed by atoms with Gasteiger partial charge in [-0.3, -0.25) is 4.79 Å². The highest BCUT2D eigenvalue weighted by molar-refractivity contribution is 6.04. The van der Waals surface area contributed by atoms with E-state index in [2.05, 4.69) is 20.6 Å². The number of aromatic nitrogens is 4. The van der Waals surface area contributed by atoms with Crippen LogP contribution in [0, 0.1) is 13.8 Å². The van der Waals surface area contributed by atoms with Gasteiger partial charge in [0.1, 0.15) is 24.0 Å². The lowest BCUT2D eigenvalue weighted by Crippen LogP contribution is -2.13. The van der Waals surface area contributed by atoms with E-state index in [0.29, 0.717) is 29.2 Å². The Hall–Kier alpha value is -2.96. The van der Waals surface area contributed by atoms with Gasteiger partial charge >= 0.3 is 0 Å². The average molecular weight is 297 g/mol. The van der Waals surface area contributed by atoms with Gasteiger partial charge in [-0.05, 0) is 31.5 Å². The highest BCUT2D eigenvalue weighted by Gasteiger charge is 2.13. The number of carbonyl (C=O) groups excluding carboxylic acids is 1. The number of benzene rings is 1. The standard InChI is InChI=1S/C15H15N5O2/c1-10-14(11(2)22-19-10)18-15(21)13-5-3-12(4-6-13)7-20-9-16-8-17-20/h3-6,8-9H,7H2,1-2H3,(H,18,21). The zero-order valence-corrected chi connectivity index (χ0v) is 12.3. The summed E-state index contributed by atoms with van der Waals surface area (Å²) in [5, 5.41) is 10.7. The minimum absolute atomic E-state index is 0.193. The Morgan fingerprint density at radius 2 is 2.05 bits per heavy atom. The molecule has 1 N–H and O–H groups in total. The molecule has 0 spiro atoms. The molecule has 0 aliphatic heterocycles. The molecular formula is C15H15N5O2. The number of hydrogen-bond acceptors (Lipinski definition) is 5. The van der Waals surface area contributed by atoms with Gasteiger partial charge in [0.25, 0.3) is 5.91 Å². The van der Waals surface area contributed by atoms with Gasteiger partial charge in [-0.1, -0.05) is 17.3 Å². The van der Waals surface area contributed by atoms with Crippen molar-refractivity contribution in [3.63, 3.8) is 0 Å². The summed E-state index contributed by atoms with van der Waals surface area (Å²) in [6.07, 6.45) is 3.14. The van der Waals surface area contributed by atoms with Crippen LogP contribution in [0.4, 0.5) is 5.69 Å². The lowest BCUT2D eigenvalue weighted by atomic mass is 10.1. The molecule has 7 nitrogen and oxygen atoms in total. The topological polar surface area (TPSA) is 85.8 Å². The fourth-order valence-electron chi connectivity index (χ4n) is 2.11. The summed E-state index contributed by atoms with van der Waals surface area (Å²) in [5.74, 6) is 0.398. The fourth-order valence-corrected chi connectivity index (χ4v) is 2.11. The number of amides is 1. The van der Waals surface area contributed by atoms with Crippen molar-refractivity contribution in [3.05, 3.63) is 59.5 Å². The molecule has 0 saturated carbocycles. The zero-order chi connectivity index (χ0) is 15.5. The van der Waals surface area contributed by atoms with Gasteiger partial charge in [0, 0.05) is 5.56 Å². The fraction of sp³-hybridized carbons (Fsp3) is 0.200. The molecule has 0 fully saturated rings. The van der Waals surface area contributed by atoms with Crippen LogP contribution in [-0.2, 0) is 6.54 Å². The van der Waals surface area contributed by atoms with Gasteiger partial charge in [0.2, 0.25) is 0 Å². The van der Waals surface area contributed by atoms with Crippen molar-refractivity contribution in [2.75, 3.05) is 5.32 Å². The van der Waals surface area contributed by atoms with Gasteiger partial charge in [0.15, 0.2) is 5.76 Å². The Labute approximate surface area is 127 Å². The van der Waals surface area contributed by atoms with Crippen molar-refractivity contribution < 1.29 is 9.32 Å². The molecule has 0 aliphatic rings. The summed E-state index contributed by atoms with van der Waals surface area (Å²) in [6, 6.07) is 7.34. The Balaban J connectivity index is 1.71. The van der Waals surface area contributed by atoms with E-state index in [4.69, 9.17) is 4.52 Å². The Morgan fingerprint density at radius 3 is 2.64 bits per heavy atom. The smallest absolute Gasteiger partial charge is 0.255 e. The van der Waals surface area contributed by atoms with Crippen LogP contribution in [0.3, 0.4) is 0 Å². The molecule has 0 atom stereocenters. The summed E-state index contributed by atoms with van der Waals surface area (Å²) < 4.78 is 6.75. The minimum atomic E-state index is -0.193. The maximum Gasteiger partial charge on any atom is 0.255 e. The van der Waals surface area contributed by atoms with E-state index in [1.807, 2.05) is 12.1 Å². The lowest BCUT2D eigenvalue weighted by molar-refractivity contribution is 0.102. The molecule has 0 saturated heterocycles. The second kappa shape index (κ2) is 5.80. The third-order valence-electron chi connectivity index (χ3n) is 3.30. The van der Waals surface area contributed by atoms with Gasteiger partial charge in [-0.15, -0.1) is 0 Å². The van der Waals surface area contributed by atoms with Crippen molar-refractivity contribution in [1.29, 1.82) is 0 Å². The van der Waals surface area contributed by atoms with Crippen LogP contribution in [-0.4, -0.2) is 25.8 Å². The first kappa shape index (κ1) is 14.0. The number of rotatable bonds is 4. The summed E-state index contributed by atoms with van der Waals surface area (Å²) in [7, 11) is 0. The van der Waals surface area contributed by atoms with Gasteiger partial charge in [-0.25, -0.2) is 9.67 Å². The SMILES string of the molecule is Cc1noc(C)c1NC(=O)c1ccc(Cn2cncn2)cc1. The van der Waals surface area contributed by atoms with Crippen LogP contribution in [0.25, 0.3) is 0 Å². The second-order valence-corrected chi connectivity index (χ2v) is 4.94. The molecule has 0 aliphatic carbocycles. The molecule has 22 heavy (non-hydrogen) atoms. The molecule has 7 heteroatoms. The Morgan fingerprint density at radius 1 is 1.27 bits per heavy atom. The molecule has 112 valence electrons. The van der Waals surface area contributed by atoms with Gasteiger partial charge < -0.3 is 9.84 Å². The quantitative estimate of drug-likeness (QED) is 0.797. The number of anilines is 1. The van der Waals surface area contributed by atoms with Crippen LogP contribution in [0.5, 0.6) is 0 Å². The summed E-state index contributed by atoms with van der Waals surface area (Å²) in [5.41, 5.74) is 2.90. The number of nitrogens with one attached hydrogen (secondary N) is 1. The Bertz CT molecular complexity index is 755. The predicted molar refractivity (Wildman–Crippen MR) is 79.5 cm³/mol. The molecule has 0 radical (unpaired) electrons. The van der Waals surface area contributed by atoms with Crippen LogP contribution in [0.2, 0.25) is 0 Å². The van der Waals surface area contributed by atoms with Crippen LogP contribution in [0.1, 0.15) is 27.4 Å². The first-order valence-electron chi connectivity index (χ1n) is 6.79. The summed E-state index contributed by atoms with van der Waals surface area (Å²) >= 11 is 0. The van der Waals surface area contributed by atoms with E-state index in [-0.39, 0.29) is 5.91 Å². The van der Waals surface area contributed by atoms with Crippen LogP contribution < -0.4 is 5.32 Å². The highest BCUT2D eigenvalue weighted by Crippen LogP contribution is 2.19. The molecule has 0 bridgehead atoms. The third kappa shape index (κ3) is 2.88. The number of hydrogen-bond donors (Lipinski definition) is 1. The highest BCUT2D eigenvalue weighted by atomic mass is 16.5. The maximum atomic E-state index is 12.2. The summed E-state index contributed by atoms with van der Waals surface area (Å²) in [6.45, 7) is 4.16. The van der Waals surface area contributed by atoms with Crippen molar-refractivity contribution in [3.8, 4) is 0 Å². The maximum absolute atomic E-state index is 12.2. The van der Waals surface area contributed by atoms with Crippen molar-refractivity contribution in [2.24, 2.45) is 0 Å². The van der Waals surface area contributed by atoms with E-state index in [1.165, 1.54) is 6.33 Å². The molecule has 2 heterocycles. The van der Waals surface area contributed by atoms with E-state index in [1.54, 1.807) is 37.0 Å². The first-order chi connectivity index (χ1) is 10.6. The first-order valence-corrected chi connectivity index (χ1v) is 6.79. The number of aryl methyl sites for hydroxylation is 2. The van der Waals surface area contributed by atoms with Crippen LogP contribution >= 0.6 is 0 Å². The molecule has 0 unspecified atom stereocenters. The van der Waals surface area contributed by atoms with Gasteiger partial charge in [0.05, 0.1) is 6.54 Å². The molecular weight excluding hydrogens is 282 g/mol. The molecule has 1 aromatic carbocycles. The average Bonchev–Trinajstić information content (AvgIpc) is 3.13. The van der Waals surface area contributed by atoms with E-state index in [0.717, 1.165) is 5.56 Å². The molecule has 3 aromatic rings. The third-order valence-corrected chi connectivity index (χ3v) is 3.30. The molecule has 3 rings (SSSR count). The lowest BCUT2D eigenvalue weighted by Gasteiger charge is -2.06. The van der Waals surface area contributed by atoms with E-state index in [9.17, 15) is 4.79 Å². The van der Waals surface area contributed by atoms with Gasteiger partial charge in [-0.2, -0.15) is 5.10 Å².